The monoisotopic (exact) mass is 292 g/mol. The van der Waals surface area contributed by atoms with E-state index in [0.29, 0.717) is 0 Å². The molecule has 0 heterocycles. The van der Waals surface area contributed by atoms with Gasteiger partial charge >= 0.3 is 5.97 Å². The van der Waals surface area contributed by atoms with Crippen LogP contribution < -0.4 is 0 Å². The summed E-state index contributed by atoms with van der Waals surface area (Å²) in [5.41, 5.74) is 0. The lowest BCUT2D eigenvalue weighted by Gasteiger charge is -2.03. The molecule has 2 heteroatoms. The van der Waals surface area contributed by atoms with Crippen molar-refractivity contribution >= 4 is 5.97 Å². The van der Waals surface area contributed by atoms with E-state index in [1.54, 1.807) is 0 Å². The van der Waals surface area contributed by atoms with E-state index in [-0.39, 0.29) is 6.42 Å². The minimum absolute atomic E-state index is 0.271. The number of allylic oxidation sites excluding steroid dienone is 6. The first-order valence-corrected chi connectivity index (χ1v) is 8.33. The molecule has 0 aromatic rings. The van der Waals surface area contributed by atoms with E-state index in [9.17, 15) is 4.79 Å². The minimum atomic E-state index is -0.705. The lowest BCUT2D eigenvalue weighted by Crippen LogP contribution is -1.92. The Balaban J connectivity index is 3.38. The Labute approximate surface area is 130 Å². The van der Waals surface area contributed by atoms with E-state index < -0.39 is 5.97 Å². The molecule has 2 nitrogen and oxygen atoms in total. The maximum absolute atomic E-state index is 10.3. The summed E-state index contributed by atoms with van der Waals surface area (Å²) in [6, 6.07) is 0. The molecule has 0 amide bonds. The molecule has 0 aromatic carbocycles. The van der Waals surface area contributed by atoms with Gasteiger partial charge in [-0.2, -0.15) is 0 Å². The molecule has 0 aliphatic rings. The highest BCUT2D eigenvalue weighted by atomic mass is 16.4. The average molecular weight is 292 g/mol. The van der Waals surface area contributed by atoms with Crippen molar-refractivity contribution in [2.24, 2.45) is 5.92 Å². The topological polar surface area (TPSA) is 37.3 Å². The molecule has 0 rings (SSSR count). The Morgan fingerprint density at radius 1 is 0.952 bits per heavy atom. The summed E-state index contributed by atoms with van der Waals surface area (Å²) >= 11 is 0. The number of unbranched alkanes of at least 4 members (excludes halogenated alkanes) is 2. The Hall–Kier alpha value is -1.31. The molecule has 0 aliphatic heterocycles. The van der Waals surface area contributed by atoms with Crippen LogP contribution in [-0.2, 0) is 4.79 Å². The average Bonchev–Trinajstić information content (AvgIpc) is 2.46. The highest BCUT2D eigenvalue weighted by Gasteiger charge is 1.94. The standard InChI is InChI=1S/C19H32O2/c1-3-18(2)16-14-12-10-8-6-4-5-7-9-11-13-15-17-19(20)21/h4,6,9-12,18H,3,5,7-8,13-17H2,1-2H3,(H,20,21)/b6-4-,11-9+,12-10-/t18-/m0/s1. The molecule has 0 unspecified atom stereocenters. The third-order valence-corrected chi connectivity index (χ3v) is 3.56. The van der Waals surface area contributed by atoms with Crippen LogP contribution in [0.4, 0.5) is 0 Å². The first-order valence-electron chi connectivity index (χ1n) is 8.33. The molecule has 1 atom stereocenters. The highest BCUT2D eigenvalue weighted by molar-refractivity contribution is 5.66. The first-order chi connectivity index (χ1) is 10.2. The zero-order valence-electron chi connectivity index (χ0n) is 13.8. The number of hydrogen-bond donors (Lipinski definition) is 1. The van der Waals surface area contributed by atoms with Gasteiger partial charge in [0.15, 0.2) is 0 Å². The van der Waals surface area contributed by atoms with Crippen molar-refractivity contribution in [2.45, 2.75) is 71.6 Å². The Bertz CT molecular complexity index is 326. The second kappa shape index (κ2) is 15.1. The van der Waals surface area contributed by atoms with E-state index >= 15 is 0 Å². The van der Waals surface area contributed by atoms with Gasteiger partial charge in [-0.3, -0.25) is 4.79 Å². The van der Waals surface area contributed by atoms with Gasteiger partial charge in [-0.1, -0.05) is 56.7 Å². The molecule has 120 valence electrons. The van der Waals surface area contributed by atoms with E-state index in [1.807, 2.05) is 0 Å². The number of aliphatic carboxylic acids is 1. The molecule has 21 heavy (non-hydrogen) atoms. The normalized spacial score (nSPS) is 13.6. The molecule has 0 spiro atoms. The third kappa shape index (κ3) is 16.6. The van der Waals surface area contributed by atoms with Crippen LogP contribution in [0.2, 0.25) is 0 Å². The van der Waals surface area contributed by atoms with Gasteiger partial charge in [0.1, 0.15) is 0 Å². The summed E-state index contributed by atoms with van der Waals surface area (Å²) in [5, 5.41) is 8.49. The van der Waals surface area contributed by atoms with Crippen molar-refractivity contribution < 1.29 is 9.90 Å². The second-order valence-corrected chi connectivity index (χ2v) is 5.60. The van der Waals surface area contributed by atoms with Crippen molar-refractivity contribution in [3.63, 3.8) is 0 Å². The quantitative estimate of drug-likeness (QED) is 0.338. The van der Waals surface area contributed by atoms with Crippen LogP contribution in [0.25, 0.3) is 0 Å². The third-order valence-electron chi connectivity index (χ3n) is 3.56. The molecule has 0 fully saturated rings. The second-order valence-electron chi connectivity index (χ2n) is 5.60. The Morgan fingerprint density at radius 2 is 1.52 bits per heavy atom. The molecule has 0 radical (unpaired) electrons. The van der Waals surface area contributed by atoms with Crippen LogP contribution in [0, 0.1) is 5.92 Å². The molecule has 1 N–H and O–H groups in total. The van der Waals surface area contributed by atoms with E-state index in [1.165, 1.54) is 19.3 Å². The maximum atomic E-state index is 10.3. The van der Waals surface area contributed by atoms with Crippen molar-refractivity contribution in [1.82, 2.24) is 0 Å². The molecule has 0 saturated carbocycles. The number of carbonyl (C=O) groups is 1. The highest BCUT2D eigenvalue weighted by Crippen LogP contribution is 2.09. The van der Waals surface area contributed by atoms with Crippen LogP contribution in [0.5, 0.6) is 0 Å². The number of carboxylic acids is 1. The van der Waals surface area contributed by atoms with Crippen molar-refractivity contribution in [3.8, 4) is 0 Å². The number of carboxylic acid groups (broad SMARTS) is 1. The van der Waals surface area contributed by atoms with Crippen molar-refractivity contribution in [3.05, 3.63) is 36.5 Å². The van der Waals surface area contributed by atoms with Gasteiger partial charge in [0, 0.05) is 6.42 Å². The SMILES string of the molecule is CC[C@H](C)CC/C=C\C/C=C\CC/C=C/CCCC(=O)O. The summed E-state index contributed by atoms with van der Waals surface area (Å²) in [6.07, 6.45) is 22.0. The van der Waals surface area contributed by atoms with Crippen LogP contribution in [0.15, 0.2) is 36.5 Å². The van der Waals surface area contributed by atoms with Crippen LogP contribution in [0.1, 0.15) is 71.6 Å². The van der Waals surface area contributed by atoms with Gasteiger partial charge in [-0.15, -0.1) is 0 Å². The predicted octanol–water partition coefficient (Wildman–Crippen LogP) is 5.91. The van der Waals surface area contributed by atoms with Gasteiger partial charge < -0.3 is 5.11 Å². The number of hydrogen-bond acceptors (Lipinski definition) is 1. The van der Waals surface area contributed by atoms with E-state index in [2.05, 4.69) is 50.3 Å². The molecule has 0 bridgehead atoms. The fourth-order valence-corrected chi connectivity index (χ4v) is 1.89. The summed E-state index contributed by atoms with van der Waals surface area (Å²) in [4.78, 5) is 10.3. The van der Waals surface area contributed by atoms with Gasteiger partial charge in [0.2, 0.25) is 0 Å². The lowest BCUT2D eigenvalue weighted by molar-refractivity contribution is -0.137. The van der Waals surface area contributed by atoms with E-state index in [4.69, 9.17) is 5.11 Å². The molecule has 0 aromatic heterocycles. The summed E-state index contributed by atoms with van der Waals surface area (Å²) in [5.74, 6) is 0.135. The van der Waals surface area contributed by atoms with Crippen LogP contribution >= 0.6 is 0 Å². The van der Waals surface area contributed by atoms with E-state index in [0.717, 1.165) is 38.0 Å². The van der Waals surface area contributed by atoms with Crippen molar-refractivity contribution in [1.29, 1.82) is 0 Å². The van der Waals surface area contributed by atoms with Crippen LogP contribution in [-0.4, -0.2) is 11.1 Å². The van der Waals surface area contributed by atoms with Gasteiger partial charge in [0.25, 0.3) is 0 Å². The maximum Gasteiger partial charge on any atom is 0.303 e. The molecular weight excluding hydrogens is 260 g/mol. The molecule has 0 saturated heterocycles. The fraction of sp³-hybridized carbons (Fsp3) is 0.632. The van der Waals surface area contributed by atoms with Gasteiger partial charge in [0.05, 0.1) is 0 Å². The van der Waals surface area contributed by atoms with Crippen LogP contribution in [0.3, 0.4) is 0 Å². The lowest BCUT2D eigenvalue weighted by atomic mass is 10.0. The zero-order valence-corrected chi connectivity index (χ0v) is 13.8. The zero-order chi connectivity index (χ0) is 15.8. The summed E-state index contributed by atoms with van der Waals surface area (Å²) < 4.78 is 0. The Kier molecular flexibility index (Phi) is 14.1. The smallest absolute Gasteiger partial charge is 0.303 e. The largest absolute Gasteiger partial charge is 0.481 e. The minimum Gasteiger partial charge on any atom is -0.481 e. The predicted molar refractivity (Wildman–Crippen MR) is 91.4 cm³/mol. The Morgan fingerprint density at radius 3 is 2.14 bits per heavy atom. The number of rotatable bonds is 13. The molecular formula is C19H32O2. The fourth-order valence-electron chi connectivity index (χ4n) is 1.89. The van der Waals surface area contributed by atoms with Gasteiger partial charge in [-0.25, -0.2) is 0 Å². The molecule has 0 aliphatic carbocycles. The summed E-state index contributed by atoms with van der Waals surface area (Å²) in [6.45, 7) is 4.56. The van der Waals surface area contributed by atoms with Crippen molar-refractivity contribution in [2.75, 3.05) is 0 Å². The first kappa shape index (κ1) is 19.7. The van der Waals surface area contributed by atoms with Gasteiger partial charge in [-0.05, 0) is 50.9 Å². The summed E-state index contributed by atoms with van der Waals surface area (Å²) in [7, 11) is 0.